The van der Waals surface area contributed by atoms with Crippen LogP contribution in [0.3, 0.4) is 0 Å². The zero-order valence-corrected chi connectivity index (χ0v) is 17.4. The smallest absolute Gasteiger partial charge is 0.295 e. The number of hydrogen-bond donors (Lipinski definition) is 2. The van der Waals surface area contributed by atoms with Crippen LogP contribution in [0, 0.1) is 13.0 Å². The number of primary amides is 1. The second-order valence-corrected chi connectivity index (χ2v) is 7.68. The lowest BCUT2D eigenvalue weighted by Gasteiger charge is -2.32. The number of amides is 1. The van der Waals surface area contributed by atoms with Crippen LogP contribution >= 0.6 is 0 Å². The molecule has 2 heterocycles. The molecule has 1 saturated heterocycles. The summed E-state index contributed by atoms with van der Waals surface area (Å²) < 4.78 is 11.5. The minimum atomic E-state index is -0.558. The van der Waals surface area contributed by atoms with Gasteiger partial charge in [-0.25, -0.2) is 0 Å². The third kappa shape index (κ3) is 4.41. The van der Waals surface area contributed by atoms with Crippen LogP contribution in [0.5, 0.6) is 5.75 Å². The Morgan fingerprint density at radius 1 is 1.37 bits per heavy atom. The molecule has 0 aliphatic carbocycles. The summed E-state index contributed by atoms with van der Waals surface area (Å²) >= 11 is 0. The van der Waals surface area contributed by atoms with E-state index in [1.54, 1.807) is 12.1 Å². The first-order valence-electron chi connectivity index (χ1n) is 10.4. The summed E-state index contributed by atoms with van der Waals surface area (Å²) in [6.45, 7) is 7.63. The molecule has 0 unspecified atom stereocenters. The van der Waals surface area contributed by atoms with E-state index in [0.717, 1.165) is 38.2 Å². The summed E-state index contributed by atoms with van der Waals surface area (Å²) in [5, 5.41) is 3.36. The first-order valence-corrected chi connectivity index (χ1v) is 10.4. The van der Waals surface area contributed by atoms with Crippen LogP contribution in [-0.2, 0) is 6.54 Å². The van der Waals surface area contributed by atoms with Crippen LogP contribution in [0.15, 0.2) is 34.7 Å². The average Bonchev–Trinajstić information content (AvgIpc) is 3.14. The summed E-state index contributed by atoms with van der Waals surface area (Å²) in [7, 11) is 0. The van der Waals surface area contributed by atoms with Crippen molar-refractivity contribution in [3.8, 4) is 5.75 Å². The third-order valence-electron chi connectivity index (χ3n) is 5.47. The number of fused-ring (bicyclic) bond motifs is 1. The molecule has 2 aromatic carbocycles. The third-order valence-corrected chi connectivity index (χ3v) is 5.47. The van der Waals surface area contributed by atoms with Gasteiger partial charge in [-0.2, -0.15) is 4.98 Å². The molecule has 0 atom stereocenters. The van der Waals surface area contributed by atoms with E-state index in [1.165, 1.54) is 11.1 Å². The van der Waals surface area contributed by atoms with Crippen LogP contribution in [0.1, 0.15) is 41.3 Å². The zero-order valence-electron chi connectivity index (χ0n) is 17.4. The van der Waals surface area contributed by atoms with Crippen LogP contribution < -0.4 is 15.8 Å². The molecule has 30 heavy (non-hydrogen) atoms. The standard InChI is InChI=1S/C23H27N4O3/c1-3-29-20-13-16(8-7-15(20)2)14-27-11-9-17(10-12-27)25-23-26-21-18(22(24)28)5-4-6-19(21)30-23/h4,6-8,13,17H,3,9-12,14H2,1-2H3,(H2,24,28)(H,25,26). The Kier molecular flexibility index (Phi) is 5.90. The fourth-order valence-electron chi connectivity index (χ4n) is 3.86. The van der Waals surface area contributed by atoms with Crippen LogP contribution in [0.2, 0.25) is 0 Å². The van der Waals surface area contributed by atoms with Gasteiger partial charge in [0, 0.05) is 25.7 Å². The molecule has 3 aromatic rings. The second-order valence-electron chi connectivity index (χ2n) is 7.68. The molecule has 0 spiro atoms. The number of carbonyl (C=O) groups excluding carboxylic acids is 1. The van der Waals surface area contributed by atoms with E-state index in [2.05, 4.69) is 46.4 Å². The van der Waals surface area contributed by atoms with Crippen molar-refractivity contribution in [1.29, 1.82) is 0 Å². The number of benzene rings is 2. The summed E-state index contributed by atoms with van der Waals surface area (Å²) in [5.41, 5.74) is 9.08. The molecule has 1 aliphatic heterocycles. The minimum absolute atomic E-state index is 0.253. The molecular formula is C23H27N4O3. The number of aromatic nitrogens is 1. The fraction of sp³-hybridized carbons (Fsp3) is 0.391. The molecule has 1 radical (unpaired) electrons. The van der Waals surface area contributed by atoms with Gasteiger partial charge < -0.3 is 20.2 Å². The normalized spacial score (nSPS) is 15.4. The molecule has 0 saturated carbocycles. The predicted octanol–water partition coefficient (Wildman–Crippen LogP) is 3.51. The maximum absolute atomic E-state index is 11.6. The Morgan fingerprint density at radius 2 is 2.17 bits per heavy atom. The SMILES string of the molecule is CCOc1cc(CN2CCC(Nc3nc4c(C(N)=O)[c]ccc4o3)CC2)ccc1C. The molecule has 157 valence electrons. The lowest BCUT2D eigenvalue weighted by Crippen LogP contribution is -2.38. The first-order chi connectivity index (χ1) is 14.5. The number of ether oxygens (including phenoxy) is 1. The van der Waals surface area contributed by atoms with Gasteiger partial charge in [0.1, 0.15) is 11.3 Å². The topological polar surface area (TPSA) is 93.6 Å². The van der Waals surface area contributed by atoms with Gasteiger partial charge in [0.05, 0.1) is 12.2 Å². The maximum atomic E-state index is 11.6. The van der Waals surface area contributed by atoms with Gasteiger partial charge in [0.25, 0.3) is 11.9 Å². The van der Waals surface area contributed by atoms with Gasteiger partial charge >= 0.3 is 0 Å². The number of oxazole rings is 1. The van der Waals surface area contributed by atoms with Crippen molar-refractivity contribution in [3.05, 3.63) is 53.1 Å². The van der Waals surface area contributed by atoms with Crippen LogP contribution in [0.25, 0.3) is 11.1 Å². The Bertz CT molecular complexity index is 1040. The number of likely N-dealkylation sites (tertiary alicyclic amines) is 1. The summed E-state index contributed by atoms with van der Waals surface area (Å²) in [5.74, 6) is 0.410. The van der Waals surface area contributed by atoms with E-state index in [4.69, 9.17) is 14.9 Å². The van der Waals surface area contributed by atoms with Gasteiger partial charge in [-0.1, -0.05) is 12.1 Å². The highest BCUT2D eigenvalue weighted by molar-refractivity contribution is 6.03. The highest BCUT2D eigenvalue weighted by Crippen LogP contribution is 2.25. The summed E-state index contributed by atoms with van der Waals surface area (Å²) in [6.07, 6.45) is 1.97. The molecule has 1 fully saturated rings. The predicted molar refractivity (Wildman–Crippen MR) is 116 cm³/mol. The molecule has 7 heteroatoms. The number of anilines is 1. The average molecular weight is 407 g/mol. The first kappa shape index (κ1) is 20.2. The van der Waals surface area contributed by atoms with Crippen molar-refractivity contribution < 1.29 is 13.9 Å². The molecule has 3 N–H and O–H groups in total. The monoisotopic (exact) mass is 407 g/mol. The van der Waals surface area contributed by atoms with Crippen LogP contribution in [-0.4, -0.2) is 41.5 Å². The van der Waals surface area contributed by atoms with Gasteiger partial charge in [0.15, 0.2) is 5.58 Å². The number of nitrogens with two attached hydrogens (primary N) is 1. The van der Waals surface area contributed by atoms with Crippen molar-refractivity contribution in [3.63, 3.8) is 0 Å². The molecule has 1 aromatic heterocycles. The van der Waals surface area contributed by atoms with Gasteiger partial charge in [-0.05, 0) is 62.1 Å². The van der Waals surface area contributed by atoms with Crippen molar-refractivity contribution in [2.75, 3.05) is 25.0 Å². The lowest BCUT2D eigenvalue weighted by atomic mass is 10.0. The lowest BCUT2D eigenvalue weighted by molar-refractivity contribution is 0.100. The number of aryl methyl sites for hydroxylation is 1. The van der Waals surface area contributed by atoms with Gasteiger partial charge in [-0.15, -0.1) is 0 Å². The summed E-state index contributed by atoms with van der Waals surface area (Å²) in [4.78, 5) is 18.4. The van der Waals surface area contributed by atoms with E-state index in [-0.39, 0.29) is 11.6 Å². The van der Waals surface area contributed by atoms with E-state index in [9.17, 15) is 4.79 Å². The number of nitrogens with one attached hydrogen (secondary N) is 1. The minimum Gasteiger partial charge on any atom is -0.494 e. The van der Waals surface area contributed by atoms with Gasteiger partial charge in [-0.3, -0.25) is 9.69 Å². The Labute approximate surface area is 176 Å². The molecule has 1 amide bonds. The van der Waals surface area contributed by atoms with Crippen LogP contribution in [0.4, 0.5) is 6.01 Å². The van der Waals surface area contributed by atoms with Crippen molar-refractivity contribution in [2.45, 2.75) is 39.3 Å². The number of hydrogen-bond acceptors (Lipinski definition) is 6. The molecular weight excluding hydrogens is 380 g/mol. The fourth-order valence-corrected chi connectivity index (χ4v) is 3.86. The quantitative estimate of drug-likeness (QED) is 0.623. The molecule has 7 nitrogen and oxygen atoms in total. The Hall–Kier alpha value is -3.06. The van der Waals surface area contributed by atoms with Crippen molar-refractivity contribution >= 4 is 23.0 Å². The van der Waals surface area contributed by atoms with E-state index in [0.29, 0.717) is 23.7 Å². The number of carbonyl (C=O) groups is 1. The van der Waals surface area contributed by atoms with E-state index < -0.39 is 5.91 Å². The maximum Gasteiger partial charge on any atom is 0.295 e. The molecule has 0 bridgehead atoms. The number of piperidine rings is 1. The van der Waals surface area contributed by atoms with E-state index >= 15 is 0 Å². The van der Waals surface area contributed by atoms with Crippen molar-refractivity contribution in [2.24, 2.45) is 5.73 Å². The Morgan fingerprint density at radius 3 is 2.90 bits per heavy atom. The van der Waals surface area contributed by atoms with Gasteiger partial charge in [0.2, 0.25) is 0 Å². The highest BCUT2D eigenvalue weighted by atomic mass is 16.5. The largest absolute Gasteiger partial charge is 0.494 e. The molecule has 4 rings (SSSR count). The number of rotatable bonds is 7. The van der Waals surface area contributed by atoms with E-state index in [1.807, 2.05) is 6.92 Å². The van der Waals surface area contributed by atoms with Crippen molar-refractivity contribution in [1.82, 2.24) is 9.88 Å². The number of nitrogens with zero attached hydrogens (tertiary/aromatic N) is 2. The summed E-state index contributed by atoms with van der Waals surface area (Å²) in [6, 6.07) is 13.3. The molecule has 1 aliphatic rings. The zero-order chi connectivity index (χ0) is 21.1. The Balaban J connectivity index is 1.35. The highest BCUT2D eigenvalue weighted by Gasteiger charge is 2.22. The second kappa shape index (κ2) is 8.75.